The van der Waals surface area contributed by atoms with Crippen LogP contribution in [0.4, 0.5) is 0 Å². The molecule has 0 unspecified atom stereocenters. The number of hydrogen-bond acceptors (Lipinski definition) is 10. The van der Waals surface area contributed by atoms with Crippen LogP contribution in [0, 0.1) is 17.8 Å². The van der Waals surface area contributed by atoms with Gasteiger partial charge in [0.1, 0.15) is 16.9 Å². The molecule has 3 aliphatic heterocycles. The number of rotatable bonds is 7. The van der Waals surface area contributed by atoms with Crippen molar-refractivity contribution in [2.45, 2.75) is 29.1 Å². The Morgan fingerprint density at radius 3 is 2.00 bits per heavy atom. The average molecular weight is 861 g/mol. The molecular weight excluding hydrogens is 835 g/mol. The minimum absolute atomic E-state index is 0.128. The number of aromatic nitrogens is 2. The van der Waals surface area contributed by atoms with Crippen molar-refractivity contribution >= 4 is 99.1 Å². The maximum atomic E-state index is 13.2. The number of carbonyl (C=O) groups excluding carboxylic acids is 2. The van der Waals surface area contributed by atoms with Crippen molar-refractivity contribution in [1.29, 1.82) is 0 Å². The third-order valence-corrected chi connectivity index (χ3v) is 12.5. The molecule has 0 bridgehead atoms. The second kappa shape index (κ2) is 11.0. The number of fused-ring (bicyclic) bond motifs is 2. The van der Waals surface area contributed by atoms with E-state index in [1.165, 1.54) is 7.11 Å². The quantitative estimate of drug-likeness (QED) is 0.192. The Bertz CT molecular complexity index is 1480. The summed E-state index contributed by atoms with van der Waals surface area (Å²) in [7, 11) is 1.52. The summed E-state index contributed by atoms with van der Waals surface area (Å²) in [4.78, 5) is 41.3. The molecule has 5 heterocycles. The topological polar surface area (TPSA) is 209 Å². The molecule has 6 rings (SSSR count). The highest BCUT2D eigenvalue weighted by atomic mass is 79.9. The van der Waals surface area contributed by atoms with Crippen LogP contribution in [0.3, 0.4) is 0 Å². The van der Waals surface area contributed by atoms with Crippen molar-refractivity contribution < 1.29 is 19.1 Å². The summed E-state index contributed by atoms with van der Waals surface area (Å²) in [5, 5.41) is 11.8. The summed E-state index contributed by atoms with van der Waals surface area (Å²) in [5.74, 6) is -1.80. The third-order valence-electron chi connectivity index (χ3n) is 8.27. The van der Waals surface area contributed by atoms with Crippen molar-refractivity contribution in [3.8, 4) is 0 Å². The maximum Gasteiger partial charge on any atom is 0.267 e. The first-order chi connectivity index (χ1) is 19.9. The van der Waals surface area contributed by atoms with Crippen molar-refractivity contribution in [2.75, 3.05) is 20.2 Å². The SMILES string of the molecule is CO[C@@]12NC(N)=N[C@@H]1O[C@@H]1N=C(N)N[C@]13[C@@H]2[C@H](CNC(=O)c1cc(Br)c(Br)[nH]1)[C@@H](CNC(=O)c1cc(Br)c(Br)[nH]1)[C@@H]3Cl. The Labute approximate surface area is 277 Å². The van der Waals surface area contributed by atoms with Crippen molar-refractivity contribution in [2.24, 2.45) is 39.2 Å². The molecule has 2 fully saturated rings. The predicted octanol–water partition coefficient (Wildman–Crippen LogP) is 1.62. The maximum absolute atomic E-state index is 13.2. The summed E-state index contributed by atoms with van der Waals surface area (Å²) in [6.45, 7) is 0.297. The van der Waals surface area contributed by atoms with Crippen LogP contribution in [-0.4, -0.2) is 83.0 Å². The minimum Gasteiger partial charge on any atom is -0.370 e. The Hall–Kier alpha value is -1.83. The molecule has 42 heavy (non-hydrogen) atoms. The normalized spacial score (nSPS) is 34.4. The highest BCUT2D eigenvalue weighted by Crippen LogP contribution is 2.59. The number of methoxy groups -OCH3 is 1. The van der Waals surface area contributed by atoms with Crippen LogP contribution in [-0.2, 0) is 9.47 Å². The zero-order chi connectivity index (χ0) is 30.1. The fourth-order valence-corrected chi connectivity index (χ4v) is 8.50. The molecule has 0 radical (unpaired) electrons. The average Bonchev–Trinajstić information content (AvgIpc) is 3.70. The number of carbonyl (C=O) groups is 2. The number of aromatic amines is 2. The number of H-pyrrole nitrogens is 2. The lowest BCUT2D eigenvalue weighted by Crippen LogP contribution is -2.76. The van der Waals surface area contributed by atoms with E-state index in [0.29, 0.717) is 29.5 Å². The molecule has 1 saturated heterocycles. The predicted molar refractivity (Wildman–Crippen MR) is 168 cm³/mol. The Kier molecular flexibility index (Phi) is 7.88. The van der Waals surface area contributed by atoms with Gasteiger partial charge in [-0.2, -0.15) is 0 Å². The summed E-state index contributed by atoms with van der Waals surface area (Å²) in [5.41, 5.74) is 10.7. The van der Waals surface area contributed by atoms with E-state index >= 15 is 0 Å². The van der Waals surface area contributed by atoms with E-state index < -0.39 is 46.9 Å². The van der Waals surface area contributed by atoms with Gasteiger partial charge in [-0.3, -0.25) is 9.59 Å². The zero-order valence-corrected chi connectivity index (χ0v) is 28.7. The Balaban J connectivity index is 1.36. The lowest BCUT2D eigenvalue weighted by Gasteiger charge is -2.53. The fourth-order valence-electron chi connectivity index (χ4n) is 6.61. The van der Waals surface area contributed by atoms with E-state index in [1.807, 2.05) is 0 Å². The minimum atomic E-state index is -1.28. The molecule has 1 aliphatic carbocycles. The van der Waals surface area contributed by atoms with E-state index in [1.54, 1.807) is 12.1 Å². The zero-order valence-electron chi connectivity index (χ0n) is 21.6. The number of nitrogens with one attached hydrogen (secondary N) is 6. The first-order valence-corrected chi connectivity index (χ1v) is 16.2. The van der Waals surface area contributed by atoms with Crippen LogP contribution in [0.5, 0.6) is 0 Å². The molecule has 8 atom stereocenters. The molecule has 1 spiro atoms. The van der Waals surface area contributed by atoms with Gasteiger partial charge in [0.05, 0.1) is 23.5 Å². The number of alkyl halides is 1. The Morgan fingerprint density at radius 2 is 1.48 bits per heavy atom. The Morgan fingerprint density at radius 1 is 0.952 bits per heavy atom. The van der Waals surface area contributed by atoms with Crippen LogP contribution in [0.15, 0.2) is 40.3 Å². The van der Waals surface area contributed by atoms with E-state index in [2.05, 4.69) is 105 Å². The molecular formula is C23H25Br4ClN10O4. The van der Waals surface area contributed by atoms with Gasteiger partial charge in [0.15, 0.2) is 23.9 Å². The first kappa shape index (κ1) is 30.2. The standard InChI is InChI=1S/C23H25Br4ClN10O4/c1-41-23-12-6(4-31-16(39)10-2-8(24)14(26)33-10)7(5-32-17(40)11-3-9(25)15(27)34-11)13(28)22(12)18(35-20(29)37-22)42-19(23)36-21(30)38-23/h2-3,6-7,12-13,18-19,33-34H,4-5H2,1H3,(H,31,39)(H,32,40)(H3,29,35,37)(H3,30,36,38)/t6-,7-,12+,13+,18+,19-,22+,23-/m1/s1. The molecule has 2 amide bonds. The van der Waals surface area contributed by atoms with Crippen LogP contribution < -0.4 is 32.7 Å². The number of halogens is 5. The van der Waals surface area contributed by atoms with Crippen molar-refractivity contribution in [1.82, 2.24) is 31.2 Å². The number of amides is 2. The van der Waals surface area contributed by atoms with Gasteiger partial charge >= 0.3 is 0 Å². The van der Waals surface area contributed by atoms with Crippen LogP contribution in [0.2, 0.25) is 0 Å². The largest absolute Gasteiger partial charge is 0.370 e. The highest BCUT2D eigenvalue weighted by molar-refractivity contribution is 9.13. The van der Waals surface area contributed by atoms with Gasteiger partial charge in [0.2, 0.25) is 6.23 Å². The molecule has 226 valence electrons. The van der Waals surface area contributed by atoms with Crippen LogP contribution >= 0.6 is 75.3 Å². The summed E-state index contributed by atoms with van der Waals surface area (Å²) >= 11 is 20.8. The van der Waals surface area contributed by atoms with E-state index in [9.17, 15) is 9.59 Å². The summed E-state index contributed by atoms with van der Waals surface area (Å²) in [6, 6.07) is 3.33. The fraction of sp³-hybridized carbons (Fsp3) is 0.478. The number of ether oxygens (including phenoxy) is 2. The molecule has 14 nitrogen and oxygen atoms in total. The smallest absolute Gasteiger partial charge is 0.267 e. The first-order valence-electron chi connectivity index (χ1n) is 12.6. The lowest BCUT2D eigenvalue weighted by atomic mass is 9.71. The monoisotopic (exact) mass is 856 g/mol. The second-order valence-electron chi connectivity index (χ2n) is 10.4. The lowest BCUT2D eigenvalue weighted by molar-refractivity contribution is -0.244. The van der Waals surface area contributed by atoms with Gasteiger partial charge in [-0.1, -0.05) is 0 Å². The van der Waals surface area contributed by atoms with Gasteiger partial charge in [-0.25, -0.2) is 9.98 Å². The van der Waals surface area contributed by atoms with E-state index in [4.69, 9.17) is 32.5 Å². The third kappa shape index (κ3) is 4.59. The molecule has 1 saturated carbocycles. The molecule has 10 N–H and O–H groups in total. The number of nitrogens with two attached hydrogens (primary N) is 2. The second-order valence-corrected chi connectivity index (χ2v) is 14.1. The molecule has 4 aliphatic rings. The molecule has 19 heteroatoms. The van der Waals surface area contributed by atoms with E-state index in [0.717, 1.165) is 0 Å². The van der Waals surface area contributed by atoms with Gasteiger partial charge in [-0.15, -0.1) is 11.6 Å². The molecule has 0 aromatic carbocycles. The van der Waals surface area contributed by atoms with Gasteiger partial charge in [0, 0.05) is 32.0 Å². The highest BCUT2D eigenvalue weighted by Gasteiger charge is 2.77. The van der Waals surface area contributed by atoms with Crippen LogP contribution in [0.25, 0.3) is 0 Å². The van der Waals surface area contributed by atoms with E-state index in [-0.39, 0.29) is 36.8 Å². The van der Waals surface area contributed by atoms with Gasteiger partial charge < -0.3 is 52.2 Å². The van der Waals surface area contributed by atoms with Gasteiger partial charge in [-0.05, 0) is 81.8 Å². The number of guanidine groups is 2. The summed E-state index contributed by atoms with van der Waals surface area (Å²) < 4.78 is 15.1. The number of aliphatic imine (C=N–C) groups is 2. The molecule has 2 aromatic heterocycles. The molecule has 2 aromatic rings. The van der Waals surface area contributed by atoms with Gasteiger partial charge in [0.25, 0.3) is 11.8 Å². The number of nitrogens with zero attached hydrogens (tertiary/aromatic N) is 2. The van der Waals surface area contributed by atoms with Crippen molar-refractivity contribution in [3.05, 3.63) is 41.7 Å². The van der Waals surface area contributed by atoms with Crippen LogP contribution in [0.1, 0.15) is 21.0 Å². The van der Waals surface area contributed by atoms with Crippen molar-refractivity contribution in [3.63, 3.8) is 0 Å². The number of hydrogen-bond donors (Lipinski definition) is 8. The summed E-state index contributed by atoms with van der Waals surface area (Å²) in [6.07, 6.45) is -1.71.